The molecule has 0 saturated heterocycles. The number of amides is 1. The second kappa shape index (κ2) is 6.44. The Morgan fingerprint density at radius 2 is 2.18 bits per heavy atom. The number of hydrogen-bond donors (Lipinski definition) is 1. The molecule has 0 aromatic carbocycles. The highest BCUT2D eigenvalue weighted by Gasteiger charge is 2.08. The summed E-state index contributed by atoms with van der Waals surface area (Å²) in [7, 11) is 0. The second-order valence-electron chi connectivity index (χ2n) is 4.44. The van der Waals surface area contributed by atoms with Crippen LogP contribution in [0.1, 0.15) is 16.1 Å². The van der Waals surface area contributed by atoms with Gasteiger partial charge >= 0.3 is 0 Å². The minimum atomic E-state index is -0.218. The maximum atomic E-state index is 12.0. The van der Waals surface area contributed by atoms with E-state index in [2.05, 4.69) is 41.5 Å². The van der Waals surface area contributed by atoms with Crippen molar-refractivity contribution < 1.29 is 4.79 Å². The molecule has 1 N–H and O–H groups in total. The van der Waals surface area contributed by atoms with Gasteiger partial charge in [-0.3, -0.25) is 14.8 Å². The van der Waals surface area contributed by atoms with Crippen molar-refractivity contribution in [2.24, 2.45) is 0 Å². The molecule has 3 heterocycles. The Balaban J connectivity index is 1.65. The minimum Gasteiger partial charge on any atom is -0.346 e. The number of rotatable bonds is 4. The molecule has 0 radical (unpaired) electrons. The number of aromatic nitrogens is 5. The fourth-order valence-corrected chi connectivity index (χ4v) is 2.17. The summed E-state index contributed by atoms with van der Waals surface area (Å²) in [6.45, 7) is 0.283. The van der Waals surface area contributed by atoms with Crippen molar-refractivity contribution in [3.8, 4) is 5.69 Å². The lowest BCUT2D eigenvalue weighted by atomic mass is 10.2. The lowest BCUT2D eigenvalue weighted by Gasteiger charge is -2.02. The number of nitrogens with zero attached hydrogens (tertiary/aromatic N) is 5. The Kier molecular flexibility index (Phi) is 4.19. The minimum absolute atomic E-state index is 0.218. The molecule has 3 rings (SSSR count). The van der Waals surface area contributed by atoms with Crippen molar-refractivity contribution in [3.05, 3.63) is 64.9 Å². The Morgan fingerprint density at radius 1 is 1.27 bits per heavy atom. The van der Waals surface area contributed by atoms with Gasteiger partial charge in [-0.05, 0) is 34.1 Å². The Morgan fingerprint density at radius 3 is 2.95 bits per heavy atom. The molecule has 0 aliphatic carbocycles. The van der Waals surface area contributed by atoms with Crippen LogP contribution in [0.3, 0.4) is 0 Å². The van der Waals surface area contributed by atoms with E-state index in [-0.39, 0.29) is 12.5 Å². The van der Waals surface area contributed by atoms with E-state index in [0.29, 0.717) is 11.3 Å². The molecular weight excluding hydrogens is 348 g/mol. The third kappa shape index (κ3) is 3.34. The van der Waals surface area contributed by atoms with E-state index in [0.717, 1.165) is 10.2 Å². The van der Waals surface area contributed by atoms with Crippen LogP contribution in [0, 0.1) is 0 Å². The summed E-state index contributed by atoms with van der Waals surface area (Å²) in [5.41, 5.74) is 1.94. The molecule has 0 unspecified atom stereocenters. The predicted octanol–water partition coefficient (Wildman–Crippen LogP) is 1.75. The van der Waals surface area contributed by atoms with Crippen LogP contribution in [-0.2, 0) is 6.54 Å². The van der Waals surface area contributed by atoms with E-state index in [1.54, 1.807) is 35.5 Å². The average molecular weight is 359 g/mol. The highest BCUT2D eigenvalue weighted by atomic mass is 79.9. The first-order chi connectivity index (χ1) is 10.7. The zero-order valence-corrected chi connectivity index (χ0v) is 12.9. The molecule has 0 saturated carbocycles. The number of nitrogens with one attached hydrogen (secondary N) is 1. The monoisotopic (exact) mass is 358 g/mol. The van der Waals surface area contributed by atoms with Crippen LogP contribution >= 0.6 is 15.9 Å². The standard InChI is InChI=1S/C14H11BrN6O/c15-11-4-10(5-17-6-11)14(22)18-7-12-9-21(20-19-12)13-2-1-3-16-8-13/h1-6,8-9H,7H2,(H,18,22). The summed E-state index contributed by atoms with van der Waals surface area (Å²) in [6.07, 6.45) is 8.25. The number of pyridine rings is 2. The van der Waals surface area contributed by atoms with Crippen LogP contribution < -0.4 is 5.32 Å². The molecule has 0 bridgehead atoms. The lowest BCUT2D eigenvalue weighted by molar-refractivity contribution is 0.0950. The molecule has 3 aromatic heterocycles. The summed E-state index contributed by atoms with van der Waals surface area (Å²) in [6, 6.07) is 5.39. The topological polar surface area (TPSA) is 85.6 Å². The van der Waals surface area contributed by atoms with E-state index < -0.39 is 0 Å². The van der Waals surface area contributed by atoms with E-state index in [1.807, 2.05) is 12.1 Å². The molecule has 1 amide bonds. The van der Waals surface area contributed by atoms with Crippen LogP contribution in [0.4, 0.5) is 0 Å². The van der Waals surface area contributed by atoms with Crippen LogP contribution in [0.2, 0.25) is 0 Å². The molecule has 0 spiro atoms. The molecule has 0 fully saturated rings. The Bertz CT molecular complexity index is 789. The van der Waals surface area contributed by atoms with Crippen molar-refractivity contribution in [2.75, 3.05) is 0 Å². The molecule has 0 aliphatic heterocycles. The Labute approximate surface area is 134 Å². The molecule has 0 atom stereocenters. The van der Waals surface area contributed by atoms with Gasteiger partial charge in [0.1, 0.15) is 5.69 Å². The van der Waals surface area contributed by atoms with E-state index in [9.17, 15) is 4.79 Å². The van der Waals surface area contributed by atoms with Gasteiger partial charge < -0.3 is 5.32 Å². The van der Waals surface area contributed by atoms with Crippen molar-refractivity contribution in [3.63, 3.8) is 0 Å². The maximum Gasteiger partial charge on any atom is 0.253 e. The first-order valence-corrected chi connectivity index (χ1v) is 7.22. The zero-order valence-electron chi connectivity index (χ0n) is 11.3. The Hall–Kier alpha value is -2.61. The number of carbonyl (C=O) groups is 1. The van der Waals surface area contributed by atoms with Crippen LogP contribution in [0.25, 0.3) is 5.69 Å². The maximum absolute atomic E-state index is 12.0. The molecule has 22 heavy (non-hydrogen) atoms. The first-order valence-electron chi connectivity index (χ1n) is 6.43. The number of hydrogen-bond acceptors (Lipinski definition) is 5. The van der Waals surface area contributed by atoms with Crippen molar-refractivity contribution in [1.29, 1.82) is 0 Å². The van der Waals surface area contributed by atoms with Gasteiger partial charge in [-0.15, -0.1) is 5.10 Å². The van der Waals surface area contributed by atoms with Gasteiger partial charge in [0.05, 0.1) is 30.2 Å². The quantitative estimate of drug-likeness (QED) is 0.767. The van der Waals surface area contributed by atoms with Crippen LogP contribution in [0.5, 0.6) is 0 Å². The third-order valence-electron chi connectivity index (χ3n) is 2.85. The SMILES string of the molecule is O=C(NCc1cn(-c2cccnc2)nn1)c1cncc(Br)c1. The van der Waals surface area contributed by atoms with Crippen molar-refractivity contribution in [2.45, 2.75) is 6.54 Å². The lowest BCUT2D eigenvalue weighted by Crippen LogP contribution is -2.23. The molecule has 0 aliphatic rings. The van der Waals surface area contributed by atoms with E-state index >= 15 is 0 Å². The normalized spacial score (nSPS) is 10.4. The molecule has 8 heteroatoms. The van der Waals surface area contributed by atoms with Gasteiger partial charge in [-0.2, -0.15) is 0 Å². The van der Waals surface area contributed by atoms with E-state index in [1.165, 1.54) is 6.20 Å². The van der Waals surface area contributed by atoms with Crippen molar-refractivity contribution in [1.82, 2.24) is 30.3 Å². The predicted molar refractivity (Wildman–Crippen MR) is 82.3 cm³/mol. The summed E-state index contributed by atoms with van der Waals surface area (Å²) < 4.78 is 2.36. The number of carbonyl (C=O) groups excluding carboxylic acids is 1. The van der Waals surface area contributed by atoms with Gasteiger partial charge in [0, 0.05) is 23.1 Å². The third-order valence-corrected chi connectivity index (χ3v) is 3.28. The van der Waals surface area contributed by atoms with E-state index in [4.69, 9.17) is 0 Å². The fraction of sp³-hybridized carbons (Fsp3) is 0.0714. The van der Waals surface area contributed by atoms with Gasteiger partial charge in [0.15, 0.2) is 0 Å². The molecule has 110 valence electrons. The van der Waals surface area contributed by atoms with Crippen LogP contribution in [-0.4, -0.2) is 30.9 Å². The smallest absolute Gasteiger partial charge is 0.253 e. The van der Waals surface area contributed by atoms with Gasteiger partial charge in [0.25, 0.3) is 5.91 Å². The fourth-order valence-electron chi connectivity index (χ4n) is 1.80. The van der Waals surface area contributed by atoms with Crippen molar-refractivity contribution >= 4 is 21.8 Å². The average Bonchev–Trinajstić information content (AvgIpc) is 3.02. The van der Waals surface area contributed by atoms with Gasteiger partial charge in [0.2, 0.25) is 0 Å². The van der Waals surface area contributed by atoms with Gasteiger partial charge in [-0.25, -0.2) is 4.68 Å². The number of halogens is 1. The zero-order chi connectivity index (χ0) is 15.4. The van der Waals surface area contributed by atoms with Gasteiger partial charge in [-0.1, -0.05) is 5.21 Å². The highest BCUT2D eigenvalue weighted by Crippen LogP contribution is 2.09. The summed E-state index contributed by atoms with van der Waals surface area (Å²) in [5, 5.41) is 10.8. The summed E-state index contributed by atoms with van der Waals surface area (Å²) >= 11 is 3.28. The summed E-state index contributed by atoms with van der Waals surface area (Å²) in [5.74, 6) is -0.218. The highest BCUT2D eigenvalue weighted by molar-refractivity contribution is 9.10. The summed E-state index contributed by atoms with van der Waals surface area (Å²) in [4.78, 5) is 20.0. The molecule has 7 nitrogen and oxygen atoms in total. The second-order valence-corrected chi connectivity index (χ2v) is 5.36. The largest absolute Gasteiger partial charge is 0.346 e. The molecule has 3 aromatic rings. The molecular formula is C14H11BrN6O. The van der Waals surface area contributed by atoms with Crippen LogP contribution in [0.15, 0.2) is 53.7 Å². The first kappa shape index (κ1) is 14.3.